The van der Waals surface area contributed by atoms with E-state index < -0.39 is 0 Å². The van der Waals surface area contributed by atoms with Crippen LogP contribution in [0.5, 0.6) is 5.75 Å². The van der Waals surface area contributed by atoms with Gasteiger partial charge in [0.15, 0.2) is 6.20 Å². The van der Waals surface area contributed by atoms with Crippen LogP contribution in [-0.2, 0) is 17.8 Å². The molecule has 1 amide bonds. The van der Waals surface area contributed by atoms with Gasteiger partial charge in [-0.2, -0.15) is 4.57 Å². The Labute approximate surface area is 234 Å². The van der Waals surface area contributed by atoms with Crippen molar-refractivity contribution >= 4 is 22.9 Å². The highest BCUT2D eigenvalue weighted by atomic mass is 32.1. The normalized spacial score (nSPS) is 11.0. The predicted octanol–water partition coefficient (Wildman–Crippen LogP) is 8.98. The maximum absolute atomic E-state index is 12.9. The Bertz CT molecular complexity index is 1080. The summed E-state index contributed by atoms with van der Waals surface area (Å²) in [7, 11) is 0. The highest BCUT2D eigenvalue weighted by Gasteiger charge is 2.18. The Kier molecular flexibility index (Phi) is 14.0. The quantitative estimate of drug-likeness (QED) is 0.123. The molecule has 1 heterocycles. The second kappa shape index (κ2) is 17.8. The molecule has 0 atom stereocenters. The number of ether oxygens (including phenoxy) is 1. The Morgan fingerprint density at radius 3 is 2.24 bits per heavy atom. The molecule has 3 rings (SSSR count). The molecule has 2 aromatic carbocycles. The molecular formula is C33H47N2O2S+. The zero-order chi connectivity index (χ0) is 26.8. The number of hydrogen-bond acceptors (Lipinski definition) is 3. The van der Waals surface area contributed by atoms with Gasteiger partial charge in [-0.25, -0.2) is 0 Å². The van der Waals surface area contributed by atoms with Gasteiger partial charge in [0, 0.05) is 0 Å². The lowest BCUT2D eigenvalue weighted by Crippen LogP contribution is -2.31. The molecule has 0 unspecified atom stereocenters. The maximum atomic E-state index is 12.9. The average Bonchev–Trinajstić information content (AvgIpc) is 3.40. The second-order valence-corrected chi connectivity index (χ2v) is 11.0. The number of thiazole rings is 1. The van der Waals surface area contributed by atoms with E-state index in [2.05, 4.69) is 41.4 Å². The largest absolute Gasteiger partial charge is 0.494 e. The van der Waals surface area contributed by atoms with Crippen LogP contribution in [0.1, 0.15) is 96.5 Å². The fourth-order valence-electron chi connectivity index (χ4n) is 4.81. The van der Waals surface area contributed by atoms with Crippen LogP contribution in [-0.4, -0.2) is 12.5 Å². The predicted molar refractivity (Wildman–Crippen MR) is 161 cm³/mol. The van der Waals surface area contributed by atoms with Crippen LogP contribution in [0.2, 0.25) is 0 Å². The third-order valence-electron chi connectivity index (χ3n) is 6.98. The summed E-state index contributed by atoms with van der Waals surface area (Å²) in [5, 5.41) is 6.36. The van der Waals surface area contributed by atoms with E-state index >= 15 is 0 Å². The minimum absolute atomic E-state index is 0.0184. The standard InChI is InChI=1S/C33H46N2O2S/c1-3-5-6-7-8-9-10-11-12-13-14-17-24-37-29-20-18-19-28(26-29)27-32(36)34-31-22-16-15-21-30(31)33-35(4-2)23-25-38-33/h15-16,18-23,25-26H,3-14,17,24,27H2,1-2H3/p+1. The Morgan fingerprint density at radius 1 is 0.842 bits per heavy atom. The van der Waals surface area contributed by atoms with E-state index in [-0.39, 0.29) is 5.91 Å². The third kappa shape index (κ3) is 10.6. The Morgan fingerprint density at radius 2 is 1.53 bits per heavy atom. The smallest absolute Gasteiger partial charge is 0.271 e. The lowest BCUT2D eigenvalue weighted by atomic mass is 10.1. The summed E-state index contributed by atoms with van der Waals surface area (Å²) in [6, 6.07) is 16.0. The molecule has 1 N–H and O–H groups in total. The van der Waals surface area contributed by atoms with E-state index in [9.17, 15) is 4.79 Å². The van der Waals surface area contributed by atoms with Crippen molar-refractivity contribution in [3.63, 3.8) is 0 Å². The summed E-state index contributed by atoms with van der Waals surface area (Å²) in [6.45, 7) is 6.04. The van der Waals surface area contributed by atoms with Gasteiger partial charge in [0.05, 0.1) is 29.7 Å². The van der Waals surface area contributed by atoms with Gasteiger partial charge in [-0.15, -0.1) is 0 Å². The second-order valence-electron chi connectivity index (χ2n) is 10.1. The molecule has 0 aliphatic carbocycles. The van der Waals surface area contributed by atoms with Crippen molar-refractivity contribution in [1.29, 1.82) is 0 Å². The number of carbonyl (C=O) groups excluding carboxylic acids is 1. The lowest BCUT2D eigenvalue weighted by Gasteiger charge is -2.10. The molecule has 38 heavy (non-hydrogen) atoms. The fourth-order valence-corrected chi connectivity index (χ4v) is 5.77. The molecule has 0 fully saturated rings. The molecule has 0 aliphatic heterocycles. The summed E-state index contributed by atoms with van der Waals surface area (Å²) < 4.78 is 8.20. The first kappa shape index (κ1) is 29.9. The molecule has 3 aromatic rings. The number of carbonyl (C=O) groups is 1. The van der Waals surface area contributed by atoms with Crippen molar-refractivity contribution in [2.45, 2.75) is 104 Å². The molecule has 5 heteroatoms. The van der Waals surface area contributed by atoms with Gasteiger partial charge in [-0.05, 0) is 43.2 Å². The molecule has 0 spiro atoms. The number of para-hydroxylation sites is 1. The van der Waals surface area contributed by atoms with Crippen molar-refractivity contribution in [2.24, 2.45) is 0 Å². The molecule has 0 saturated carbocycles. The Hall–Kier alpha value is -2.66. The topological polar surface area (TPSA) is 42.2 Å². The van der Waals surface area contributed by atoms with Gasteiger partial charge in [0.2, 0.25) is 5.91 Å². The number of rotatable bonds is 19. The van der Waals surface area contributed by atoms with E-state index in [1.54, 1.807) is 11.3 Å². The van der Waals surface area contributed by atoms with E-state index in [1.165, 1.54) is 70.6 Å². The van der Waals surface area contributed by atoms with E-state index in [1.807, 2.05) is 42.5 Å². The first-order chi connectivity index (χ1) is 18.7. The highest BCUT2D eigenvalue weighted by Crippen LogP contribution is 2.28. The van der Waals surface area contributed by atoms with Crippen molar-refractivity contribution in [3.05, 3.63) is 65.7 Å². The SMILES string of the molecule is CCCCCCCCCCCCCCOc1cccc(CC(=O)Nc2ccccc2-c2scc[n+]2CC)c1. The zero-order valence-electron chi connectivity index (χ0n) is 23.6. The molecular weight excluding hydrogens is 488 g/mol. The van der Waals surface area contributed by atoms with E-state index in [0.717, 1.165) is 47.1 Å². The number of hydrogen-bond donors (Lipinski definition) is 1. The van der Waals surface area contributed by atoms with Gasteiger partial charge in [-0.1, -0.05) is 113 Å². The fraction of sp³-hybridized carbons (Fsp3) is 0.515. The average molecular weight is 536 g/mol. The van der Waals surface area contributed by atoms with Crippen LogP contribution in [0.4, 0.5) is 5.69 Å². The summed E-state index contributed by atoms with van der Waals surface area (Å²) in [6.07, 6.45) is 18.5. The number of aryl methyl sites for hydroxylation is 1. The molecule has 0 saturated heterocycles. The molecule has 0 aliphatic rings. The monoisotopic (exact) mass is 535 g/mol. The minimum atomic E-state index is -0.0184. The molecule has 0 radical (unpaired) electrons. The van der Waals surface area contributed by atoms with Crippen LogP contribution in [0.15, 0.2) is 60.1 Å². The summed E-state index contributed by atoms with van der Waals surface area (Å²) in [5.41, 5.74) is 2.87. The van der Waals surface area contributed by atoms with Crippen LogP contribution < -0.4 is 14.6 Å². The van der Waals surface area contributed by atoms with E-state index in [4.69, 9.17) is 4.74 Å². The van der Waals surface area contributed by atoms with Crippen molar-refractivity contribution < 1.29 is 14.1 Å². The maximum Gasteiger partial charge on any atom is 0.271 e. The summed E-state index contributed by atoms with van der Waals surface area (Å²) in [5.74, 6) is 0.830. The van der Waals surface area contributed by atoms with E-state index in [0.29, 0.717) is 6.42 Å². The van der Waals surface area contributed by atoms with Gasteiger partial charge in [0.1, 0.15) is 12.3 Å². The first-order valence-corrected chi connectivity index (χ1v) is 15.7. The number of unbranched alkanes of at least 4 members (excludes halogenated alkanes) is 11. The van der Waals surface area contributed by atoms with Crippen molar-refractivity contribution in [3.8, 4) is 16.3 Å². The Balaban J connectivity index is 1.34. The van der Waals surface area contributed by atoms with Crippen LogP contribution in [0.25, 0.3) is 10.6 Å². The number of anilines is 1. The van der Waals surface area contributed by atoms with Crippen molar-refractivity contribution in [2.75, 3.05) is 11.9 Å². The molecule has 206 valence electrons. The number of nitrogens with zero attached hydrogens (tertiary/aromatic N) is 1. The van der Waals surface area contributed by atoms with Crippen LogP contribution in [0.3, 0.4) is 0 Å². The lowest BCUT2D eigenvalue weighted by molar-refractivity contribution is -0.678. The van der Waals surface area contributed by atoms with Gasteiger partial charge in [0.25, 0.3) is 5.01 Å². The van der Waals surface area contributed by atoms with Crippen LogP contribution in [0, 0.1) is 0 Å². The molecule has 0 bridgehead atoms. The molecule has 4 nitrogen and oxygen atoms in total. The minimum Gasteiger partial charge on any atom is -0.494 e. The van der Waals surface area contributed by atoms with Gasteiger partial charge < -0.3 is 10.1 Å². The number of aromatic nitrogens is 1. The zero-order valence-corrected chi connectivity index (χ0v) is 24.4. The van der Waals surface area contributed by atoms with Gasteiger partial charge >= 0.3 is 0 Å². The van der Waals surface area contributed by atoms with Gasteiger partial charge in [-0.3, -0.25) is 4.79 Å². The first-order valence-electron chi connectivity index (χ1n) is 14.8. The van der Waals surface area contributed by atoms with Crippen molar-refractivity contribution in [1.82, 2.24) is 0 Å². The molecule has 1 aromatic heterocycles. The summed E-state index contributed by atoms with van der Waals surface area (Å²) >= 11 is 1.69. The number of benzene rings is 2. The number of nitrogens with one attached hydrogen (secondary N) is 1. The van der Waals surface area contributed by atoms with Crippen LogP contribution >= 0.6 is 11.3 Å². The third-order valence-corrected chi connectivity index (χ3v) is 7.92. The highest BCUT2D eigenvalue weighted by molar-refractivity contribution is 7.12. The number of amides is 1. The summed E-state index contributed by atoms with van der Waals surface area (Å²) in [4.78, 5) is 12.9.